The lowest BCUT2D eigenvalue weighted by Crippen LogP contribution is -2.45. The summed E-state index contributed by atoms with van der Waals surface area (Å²) in [5, 5.41) is 5.06. The molecule has 0 spiro atoms. The Morgan fingerprint density at radius 1 is 1.16 bits per heavy atom. The van der Waals surface area contributed by atoms with Crippen molar-refractivity contribution in [3.05, 3.63) is 57.8 Å². The van der Waals surface area contributed by atoms with Crippen LogP contribution in [0, 0.1) is 0 Å². The van der Waals surface area contributed by atoms with Gasteiger partial charge in [0.15, 0.2) is 0 Å². The summed E-state index contributed by atoms with van der Waals surface area (Å²) in [6.07, 6.45) is 0.987. The zero-order valence-electron chi connectivity index (χ0n) is 14.9. The molecule has 5 heteroatoms. The maximum Gasteiger partial charge on any atom is 0.225 e. The zero-order valence-corrected chi connectivity index (χ0v) is 15.7. The van der Waals surface area contributed by atoms with Gasteiger partial charge >= 0.3 is 0 Å². The van der Waals surface area contributed by atoms with Crippen LogP contribution < -0.4 is 5.32 Å². The molecule has 1 aromatic carbocycles. The topological polar surface area (TPSA) is 41.6 Å². The van der Waals surface area contributed by atoms with Crippen molar-refractivity contribution in [2.45, 2.75) is 45.6 Å². The van der Waals surface area contributed by atoms with E-state index in [9.17, 15) is 4.79 Å². The first kappa shape index (κ1) is 18.1. The van der Waals surface area contributed by atoms with Gasteiger partial charge in [-0.25, -0.2) is 0 Å². The van der Waals surface area contributed by atoms with Crippen molar-refractivity contribution in [2.24, 2.45) is 0 Å². The molecule has 1 aliphatic rings. The van der Waals surface area contributed by atoms with E-state index in [2.05, 4.69) is 42.3 Å². The molecule has 1 fully saturated rings. The third kappa shape index (κ3) is 5.39. The summed E-state index contributed by atoms with van der Waals surface area (Å²) in [4.78, 5) is 15.7. The zero-order chi connectivity index (χ0) is 17.6. The fourth-order valence-corrected chi connectivity index (χ4v) is 4.07. The van der Waals surface area contributed by atoms with Gasteiger partial charge in [0.1, 0.15) is 0 Å². The number of nitrogens with one attached hydrogen (secondary N) is 1. The number of carbonyl (C=O) groups excluding carboxylic acids is 1. The molecule has 1 saturated heterocycles. The second-order valence-corrected chi connectivity index (χ2v) is 7.79. The quantitative estimate of drug-likeness (QED) is 0.862. The molecular weight excluding hydrogens is 332 g/mol. The Bertz CT molecular complexity index is 677. The third-order valence-electron chi connectivity index (χ3n) is 4.40. The van der Waals surface area contributed by atoms with Crippen molar-refractivity contribution in [2.75, 3.05) is 13.1 Å². The maximum absolute atomic E-state index is 12.1. The molecule has 1 N–H and O–H groups in total. The Morgan fingerprint density at radius 2 is 1.88 bits per heavy atom. The largest absolute Gasteiger partial charge is 0.373 e. The minimum Gasteiger partial charge on any atom is -0.373 e. The number of benzene rings is 1. The van der Waals surface area contributed by atoms with Gasteiger partial charge < -0.3 is 10.1 Å². The molecule has 0 aliphatic carbocycles. The van der Waals surface area contributed by atoms with Crippen LogP contribution in [0.25, 0.3) is 0 Å². The van der Waals surface area contributed by atoms with Crippen molar-refractivity contribution in [3.63, 3.8) is 0 Å². The molecule has 0 bridgehead atoms. The standard InChI is InChI=1S/C20H26N2O2S/c1-15-12-22(13-16(2)24-15)14-18-7-4-3-6-17(18)11-21-20(23)10-19-8-5-9-25-19/h3-9,15-16H,10-14H2,1-2H3,(H,21,23)/t15-,16-/m0/s1. The molecule has 0 radical (unpaired) electrons. The lowest BCUT2D eigenvalue weighted by atomic mass is 10.1. The number of hydrogen-bond acceptors (Lipinski definition) is 4. The van der Waals surface area contributed by atoms with Crippen molar-refractivity contribution in [3.8, 4) is 0 Å². The molecule has 2 atom stereocenters. The molecular formula is C20H26N2O2S. The second-order valence-electron chi connectivity index (χ2n) is 6.75. The van der Waals surface area contributed by atoms with Gasteiger partial charge in [-0.1, -0.05) is 30.3 Å². The normalized spacial score (nSPS) is 21.2. The van der Waals surface area contributed by atoms with Crippen molar-refractivity contribution < 1.29 is 9.53 Å². The highest BCUT2D eigenvalue weighted by Gasteiger charge is 2.22. The van der Waals surface area contributed by atoms with Crippen molar-refractivity contribution >= 4 is 17.2 Å². The molecule has 1 aliphatic heterocycles. The van der Waals surface area contributed by atoms with Crippen molar-refractivity contribution in [1.29, 1.82) is 0 Å². The van der Waals surface area contributed by atoms with Crippen LogP contribution in [-0.2, 0) is 29.0 Å². The van der Waals surface area contributed by atoms with E-state index in [0.29, 0.717) is 13.0 Å². The number of thiophene rings is 1. The minimum atomic E-state index is 0.0749. The molecule has 1 aromatic heterocycles. The van der Waals surface area contributed by atoms with Crippen LogP contribution in [0.4, 0.5) is 0 Å². The van der Waals surface area contributed by atoms with Gasteiger partial charge in [-0.05, 0) is 36.4 Å². The molecule has 3 rings (SSSR count). The van der Waals surface area contributed by atoms with Crippen LogP contribution in [-0.4, -0.2) is 36.1 Å². The Kier molecular flexibility index (Phi) is 6.24. The van der Waals surface area contributed by atoms with E-state index in [1.165, 1.54) is 11.1 Å². The Labute approximate surface area is 153 Å². The highest BCUT2D eigenvalue weighted by Crippen LogP contribution is 2.17. The number of hydrogen-bond donors (Lipinski definition) is 1. The van der Waals surface area contributed by atoms with E-state index < -0.39 is 0 Å². The molecule has 0 unspecified atom stereocenters. The molecule has 25 heavy (non-hydrogen) atoms. The van der Waals surface area contributed by atoms with Gasteiger partial charge in [-0.3, -0.25) is 9.69 Å². The summed E-state index contributed by atoms with van der Waals surface area (Å²) in [6, 6.07) is 12.3. The second kappa shape index (κ2) is 8.61. The van der Waals surface area contributed by atoms with E-state index in [-0.39, 0.29) is 18.1 Å². The SMILES string of the molecule is C[C@H]1CN(Cc2ccccc2CNC(=O)Cc2cccs2)C[C@H](C)O1. The van der Waals surface area contributed by atoms with Crippen LogP contribution in [0.2, 0.25) is 0 Å². The third-order valence-corrected chi connectivity index (χ3v) is 5.27. The molecule has 1 amide bonds. The van der Waals surface area contributed by atoms with Gasteiger partial charge in [0, 0.05) is 31.1 Å². The number of nitrogens with zero attached hydrogens (tertiary/aromatic N) is 1. The van der Waals surface area contributed by atoms with Gasteiger partial charge in [0.2, 0.25) is 5.91 Å². The summed E-state index contributed by atoms with van der Waals surface area (Å²) >= 11 is 1.62. The van der Waals surface area contributed by atoms with Crippen LogP contribution in [0.15, 0.2) is 41.8 Å². The Balaban J connectivity index is 1.58. The number of amides is 1. The molecule has 2 heterocycles. The monoisotopic (exact) mass is 358 g/mol. The van der Waals surface area contributed by atoms with Crippen LogP contribution in [0.1, 0.15) is 29.9 Å². The number of ether oxygens (including phenoxy) is 1. The van der Waals surface area contributed by atoms with E-state index in [4.69, 9.17) is 4.74 Å². The summed E-state index contributed by atoms with van der Waals surface area (Å²) < 4.78 is 5.82. The number of rotatable bonds is 6. The molecule has 4 nitrogen and oxygen atoms in total. The van der Waals surface area contributed by atoms with Gasteiger partial charge in [0.25, 0.3) is 0 Å². The fraction of sp³-hybridized carbons (Fsp3) is 0.450. The van der Waals surface area contributed by atoms with Crippen LogP contribution in [0.5, 0.6) is 0 Å². The van der Waals surface area contributed by atoms with E-state index >= 15 is 0 Å². The first-order chi connectivity index (χ1) is 12.1. The van der Waals surface area contributed by atoms with E-state index in [0.717, 1.165) is 24.5 Å². The number of morpholine rings is 1. The van der Waals surface area contributed by atoms with Crippen LogP contribution in [0.3, 0.4) is 0 Å². The lowest BCUT2D eigenvalue weighted by molar-refractivity contribution is -0.120. The average Bonchev–Trinajstić information content (AvgIpc) is 3.06. The Hall–Kier alpha value is -1.69. The molecule has 134 valence electrons. The first-order valence-electron chi connectivity index (χ1n) is 8.84. The smallest absolute Gasteiger partial charge is 0.225 e. The predicted octanol–water partition coefficient (Wildman–Crippen LogP) is 3.22. The summed E-state index contributed by atoms with van der Waals surface area (Å²) in [5.74, 6) is 0.0749. The average molecular weight is 359 g/mol. The fourth-order valence-electron chi connectivity index (χ4n) is 3.37. The van der Waals surface area contributed by atoms with E-state index in [1.807, 2.05) is 23.6 Å². The lowest BCUT2D eigenvalue weighted by Gasteiger charge is -2.35. The number of carbonyl (C=O) groups is 1. The summed E-state index contributed by atoms with van der Waals surface area (Å²) in [5.41, 5.74) is 2.47. The van der Waals surface area contributed by atoms with Crippen molar-refractivity contribution in [1.82, 2.24) is 10.2 Å². The summed E-state index contributed by atoms with van der Waals surface area (Å²) in [6.45, 7) is 7.62. The van der Waals surface area contributed by atoms with Gasteiger partial charge in [-0.15, -0.1) is 11.3 Å². The van der Waals surface area contributed by atoms with E-state index in [1.54, 1.807) is 11.3 Å². The Morgan fingerprint density at radius 3 is 2.56 bits per heavy atom. The molecule has 2 aromatic rings. The predicted molar refractivity (Wildman–Crippen MR) is 102 cm³/mol. The minimum absolute atomic E-state index is 0.0749. The first-order valence-corrected chi connectivity index (χ1v) is 9.72. The van der Waals surface area contributed by atoms with Crippen LogP contribution >= 0.6 is 11.3 Å². The molecule has 0 saturated carbocycles. The van der Waals surface area contributed by atoms with Gasteiger partial charge in [-0.2, -0.15) is 0 Å². The highest BCUT2D eigenvalue weighted by atomic mass is 32.1. The highest BCUT2D eigenvalue weighted by molar-refractivity contribution is 7.10. The maximum atomic E-state index is 12.1. The van der Waals surface area contributed by atoms with Gasteiger partial charge in [0.05, 0.1) is 18.6 Å². The summed E-state index contributed by atoms with van der Waals surface area (Å²) in [7, 11) is 0.